The average molecular weight is 269 g/mol. The zero-order chi connectivity index (χ0) is 14.3. The van der Waals surface area contributed by atoms with E-state index in [0.29, 0.717) is 5.82 Å². The number of aromatic nitrogens is 2. The molecule has 1 aromatic carbocycles. The number of hydrogen-bond acceptors (Lipinski definition) is 3. The lowest BCUT2D eigenvalue weighted by Gasteiger charge is -2.23. The maximum Gasteiger partial charge on any atom is 0.265 e. The number of rotatable bonds is 2. The van der Waals surface area contributed by atoms with Crippen LogP contribution in [0.5, 0.6) is 0 Å². The van der Waals surface area contributed by atoms with E-state index in [9.17, 15) is 9.59 Å². The van der Waals surface area contributed by atoms with Crippen molar-refractivity contribution in [2.24, 2.45) is 0 Å². The first-order valence-corrected chi connectivity index (χ1v) is 6.61. The highest BCUT2D eigenvalue weighted by atomic mass is 16.2. The summed E-state index contributed by atoms with van der Waals surface area (Å²) in [4.78, 5) is 24.8. The van der Waals surface area contributed by atoms with Gasteiger partial charge in [0.15, 0.2) is 0 Å². The second kappa shape index (κ2) is 4.59. The largest absolute Gasteiger partial charge is 0.309 e. The molecule has 1 aromatic heterocycles. The molecular weight excluding hydrogens is 254 g/mol. The van der Waals surface area contributed by atoms with E-state index >= 15 is 0 Å². The molecule has 1 unspecified atom stereocenters. The van der Waals surface area contributed by atoms with Crippen molar-refractivity contribution in [3.05, 3.63) is 47.2 Å². The molecule has 1 amide bonds. The van der Waals surface area contributed by atoms with Gasteiger partial charge in [0.1, 0.15) is 11.7 Å². The van der Waals surface area contributed by atoms with Crippen LogP contribution in [-0.2, 0) is 11.2 Å². The van der Waals surface area contributed by atoms with Gasteiger partial charge in [-0.05, 0) is 24.5 Å². The summed E-state index contributed by atoms with van der Waals surface area (Å²) < 4.78 is 1.30. The summed E-state index contributed by atoms with van der Waals surface area (Å²) in [6.45, 7) is 3.85. The van der Waals surface area contributed by atoms with Crippen molar-refractivity contribution in [2.45, 2.75) is 26.2 Å². The quantitative estimate of drug-likeness (QED) is 0.849. The molecule has 0 aliphatic carbocycles. The number of carbonyl (C=O) groups excluding carboxylic acids is 2. The highest BCUT2D eigenvalue weighted by Gasteiger charge is 2.37. The molecule has 0 bridgehead atoms. The van der Waals surface area contributed by atoms with Crippen LogP contribution in [0.4, 0.5) is 5.82 Å². The van der Waals surface area contributed by atoms with Crippen LogP contribution in [0, 0.1) is 6.92 Å². The Labute approximate surface area is 116 Å². The van der Waals surface area contributed by atoms with Crippen molar-refractivity contribution in [1.29, 1.82) is 0 Å². The molecule has 0 fully saturated rings. The molecule has 2 aromatic rings. The van der Waals surface area contributed by atoms with E-state index < -0.39 is 5.92 Å². The van der Waals surface area contributed by atoms with E-state index in [-0.39, 0.29) is 11.8 Å². The van der Waals surface area contributed by atoms with Crippen LogP contribution in [0.2, 0.25) is 0 Å². The summed E-state index contributed by atoms with van der Waals surface area (Å²) >= 11 is 0. The van der Waals surface area contributed by atoms with Gasteiger partial charge in [-0.1, -0.05) is 31.2 Å². The summed E-state index contributed by atoms with van der Waals surface area (Å²) in [6.07, 6.45) is 0.720. The van der Waals surface area contributed by atoms with Crippen LogP contribution >= 0.6 is 0 Å². The number of nitrogens with one attached hydrogen (secondary N) is 1. The number of benzene rings is 1. The highest BCUT2D eigenvalue weighted by molar-refractivity contribution is 6.15. The van der Waals surface area contributed by atoms with Gasteiger partial charge in [-0.3, -0.25) is 9.59 Å². The van der Waals surface area contributed by atoms with Crippen LogP contribution in [0.3, 0.4) is 0 Å². The first-order chi connectivity index (χ1) is 9.61. The van der Waals surface area contributed by atoms with Crippen LogP contribution in [0.15, 0.2) is 30.3 Å². The Hall–Kier alpha value is -2.43. The molecule has 102 valence electrons. The van der Waals surface area contributed by atoms with E-state index in [0.717, 1.165) is 23.2 Å². The van der Waals surface area contributed by atoms with Gasteiger partial charge in [0, 0.05) is 6.07 Å². The number of amides is 1. The summed E-state index contributed by atoms with van der Waals surface area (Å²) in [6, 6.07) is 9.17. The first-order valence-electron chi connectivity index (χ1n) is 6.61. The first kappa shape index (κ1) is 12.6. The van der Waals surface area contributed by atoms with Crippen molar-refractivity contribution in [1.82, 2.24) is 9.78 Å². The Balaban J connectivity index is 2.08. The van der Waals surface area contributed by atoms with Crippen LogP contribution in [0.25, 0.3) is 0 Å². The fourth-order valence-electron chi connectivity index (χ4n) is 2.48. The lowest BCUT2D eigenvalue weighted by molar-refractivity contribution is -0.117. The van der Waals surface area contributed by atoms with Crippen LogP contribution < -0.4 is 5.32 Å². The van der Waals surface area contributed by atoms with E-state index in [1.165, 1.54) is 4.68 Å². The molecule has 0 radical (unpaired) electrons. The van der Waals surface area contributed by atoms with Gasteiger partial charge in [-0.2, -0.15) is 9.78 Å². The highest BCUT2D eigenvalue weighted by Crippen LogP contribution is 2.28. The SMILES string of the molecule is CCc1cc2n(n1)C(=O)C(c1ccccc1C)C(=O)N2. The van der Waals surface area contributed by atoms with Crippen molar-refractivity contribution in [3.8, 4) is 0 Å². The molecule has 0 spiro atoms. The van der Waals surface area contributed by atoms with Gasteiger partial charge in [-0.25, -0.2) is 0 Å². The summed E-state index contributed by atoms with van der Waals surface area (Å²) in [5.74, 6) is -0.952. The number of aryl methyl sites for hydroxylation is 2. The minimum Gasteiger partial charge on any atom is -0.309 e. The second-order valence-electron chi connectivity index (χ2n) is 4.90. The van der Waals surface area contributed by atoms with Gasteiger partial charge in [0.2, 0.25) is 5.91 Å². The third-order valence-corrected chi connectivity index (χ3v) is 3.59. The molecule has 1 aliphatic rings. The minimum absolute atomic E-state index is 0.292. The van der Waals surface area contributed by atoms with Gasteiger partial charge < -0.3 is 5.32 Å². The molecular formula is C15H15N3O2. The van der Waals surface area contributed by atoms with Crippen molar-refractivity contribution in [3.63, 3.8) is 0 Å². The predicted octanol–water partition coefficient (Wildman–Crippen LogP) is 2.13. The predicted molar refractivity (Wildman–Crippen MR) is 74.8 cm³/mol. The summed E-state index contributed by atoms with van der Waals surface area (Å²) in [5, 5.41) is 7.00. The Morgan fingerprint density at radius 1 is 1.30 bits per heavy atom. The summed E-state index contributed by atoms with van der Waals surface area (Å²) in [7, 11) is 0. The number of hydrogen-bond donors (Lipinski definition) is 1. The smallest absolute Gasteiger partial charge is 0.265 e. The molecule has 5 heteroatoms. The van der Waals surface area contributed by atoms with Gasteiger partial charge >= 0.3 is 0 Å². The Bertz CT molecular complexity index is 703. The molecule has 0 saturated carbocycles. The van der Waals surface area contributed by atoms with Crippen molar-refractivity contribution in [2.75, 3.05) is 5.32 Å². The zero-order valence-corrected chi connectivity index (χ0v) is 11.4. The maximum atomic E-state index is 12.5. The minimum atomic E-state index is -0.826. The molecule has 1 N–H and O–H groups in total. The number of carbonyl (C=O) groups is 2. The average Bonchev–Trinajstić information content (AvgIpc) is 2.84. The number of fused-ring (bicyclic) bond motifs is 1. The topological polar surface area (TPSA) is 64.0 Å². The molecule has 1 atom stereocenters. The van der Waals surface area contributed by atoms with Gasteiger partial charge in [0.05, 0.1) is 5.69 Å². The Morgan fingerprint density at radius 2 is 2.05 bits per heavy atom. The second-order valence-corrected chi connectivity index (χ2v) is 4.90. The lowest BCUT2D eigenvalue weighted by atomic mass is 9.92. The van der Waals surface area contributed by atoms with E-state index in [2.05, 4.69) is 10.4 Å². The molecule has 5 nitrogen and oxygen atoms in total. The van der Waals surface area contributed by atoms with Gasteiger partial charge in [-0.15, -0.1) is 0 Å². The van der Waals surface area contributed by atoms with E-state index in [1.54, 1.807) is 6.07 Å². The molecule has 3 rings (SSSR count). The monoisotopic (exact) mass is 269 g/mol. The fraction of sp³-hybridized carbons (Fsp3) is 0.267. The van der Waals surface area contributed by atoms with E-state index in [1.807, 2.05) is 38.1 Å². The third kappa shape index (κ3) is 1.82. The normalized spacial score (nSPS) is 17.8. The van der Waals surface area contributed by atoms with E-state index in [4.69, 9.17) is 0 Å². The molecule has 20 heavy (non-hydrogen) atoms. The Morgan fingerprint density at radius 3 is 2.75 bits per heavy atom. The molecule has 2 heterocycles. The third-order valence-electron chi connectivity index (χ3n) is 3.59. The van der Waals surface area contributed by atoms with Crippen LogP contribution in [0.1, 0.15) is 34.5 Å². The standard InChI is InChI=1S/C15H15N3O2/c1-3-10-8-12-16-14(19)13(15(20)18(12)17-10)11-7-5-4-6-9(11)2/h4-8,13H,3H2,1-2H3,(H,16,19). The van der Waals surface area contributed by atoms with Crippen LogP contribution in [-0.4, -0.2) is 21.6 Å². The Kier molecular flexibility index (Phi) is 2.89. The van der Waals surface area contributed by atoms with Gasteiger partial charge in [0.25, 0.3) is 5.91 Å². The zero-order valence-electron chi connectivity index (χ0n) is 11.4. The lowest BCUT2D eigenvalue weighted by Crippen LogP contribution is -2.38. The summed E-state index contributed by atoms with van der Waals surface area (Å²) in [5.41, 5.74) is 2.45. The van der Waals surface area contributed by atoms with Crippen molar-refractivity contribution >= 4 is 17.6 Å². The number of nitrogens with zero attached hydrogens (tertiary/aromatic N) is 2. The molecule has 1 aliphatic heterocycles. The van der Waals surface area contributed by atoms with Crippen molar-refractivity contribution < 1.29 is 9.59 Å². The number of anilines is 1. The maximum absolute atomic E-state index is 12.5. The fourth-order valence-corrected chi connectivity index (χ4v) is 2.48. The molecule has 0 saturated heterocycles.